The fraction of sp³-hybridized carbons (Fsp3) is 1.00. The number of hydrogen-bond donors (Lipinski definition) is 1. The second kappa shape index (κ2) is 9.86. The molecule has 1 heterocycles. The highest BCUT2D eigenvalue weighted by Crippen LogP contribution is 2.05. The molecule has 1 N–H and O–H groups in total. The molecule has 0 bridgehead atoms. The predicted molar refractivity (Wildman–Crippen MR) is 73.5 cm³/mol. The highest BCUT2D eigenvalue weighted by molar-refractivity contribution is 4.64. The average molecular weight is 242 g/mol. The largest absolute Gasteiger partial charge is 0.380 e. The topological polar surface area (TPSA) is 24.5 Å². The molecule has 0 aromatic heterocycles. The van der Waals surface area contributed by atoms with E-state index in [1.54, 1.807) is 0 Å². The molecule has 1 aliphatic heterocycles. The molecule has 3 nitrogen and oxygen atoms in total. The minimum absolute atomic E-state index is 0.683. The lowest BCUT2D eigenvalue weighted by Gasteiger charge is -2.19. The highest BCUT2D eigenvalue weighted by Gasteiger charge is 2.08. The van der Waals surface area contributed by atoms with Gasteiger partial charge in [0.2, 0.25) is 0 Å². The van der Waals surface area contributed by atoms with Crippen LogP contribution in [0.4, 0.5) is 0 Å². The summed E-state index contributed by atoms with van der Waals surface area (Å²) in [4.78, 5) is 2.55. The average Bonchev–Trinajstić information content (AvgIpc) is 2.60. The van der Waals surface area contributed by atoms with E-state index in [1.807, 2.05) is 0 Å². The first kappa shape index (κ1) is 14.9. The predicted octanol–water partition coefficient (Wildman–Crippen LogP) is 2.27. The molecule has 0 saturated carbocycles. The lowest BCUT2D eigenvalue weighted by atomic mass is 10.1. The van der Waals surface area contributed by atoms with Crippen molar-refractivity contribution in [3.05, 3.63) is 0 Å². The second-order valence-electron chi connectivity index (χ2n) is 5.16. The minimum Gasteiger partial charge on any atom is -0.380 e. The quantitative estimate of drug-likeness (QED) is 0.661. The summed E-state index contributed by atoms with van der Waals surface area (Å²) in [7, 11) is 0. The van der Waals surface area contributed by atoms with E-state index in [4.69, 9.17) is 4.74 Å². The zero-order valence-corrected chi connectivity index (χ0v) is 11.7. The van der Waals surface area contributed by atoms with Gasteiger partial charge in [-0.3, -0.25) is 0 Å². The first-order chi connectivity index (χ1) is 8.33. The molecule has 102 valence electrons. The second-order valence-corrected chi connectivity index (χ2v) is 5.16. The van der Waals surface area contributed by atoms with Crippen LogP contribution in [0.25, 0.3) is 0 Å². The normalized spacial score (nSPS) is 20.1. The standard InChI is InChI=1S/C14H30N2O/c1-3-8-15-14(2)7-4-5-9-16-10-6-12-17-13-11-16/h14-15H,3-13H2,1-2H3. The van der Waals surface area contributed by atoms with Crippen LogP contribution < -0.4 is 5.32 Å². The lowest BCUT2D eigenvalue weighted by Crippen LogP contribution is -2.29. The summed E-state index contributed by atoms with van der Waals surface area (Å²) in [6.07, 6.45) is 6.42. The summed E-state index contributed by atoms with van der Waals surface area (Å²) in [6.45, 7) is 11.2. The van der Waals surface area contributed by atoms with Crippen LogP contribution in [-0.4, -0.2) is 50.3 Å². The van der Waals surface area contributed by atoms with E-state index in [1.165, 1.54) is 45.2 Å². The number of hydrogen-bond acceptors (Lipinski definition) is 3. The molecule has 0 spiro atoms. The number of rotatable bonds is 8. The van der Waals surface area contributed by atoms with Gasteiger partial charge < -0.3 is 15.0 Å². The van der Waals surface area contributed by atoms with Gasteiger partial charge in [-0.05, 0) is 45.7 Å². The first-order valence-corrected chi connectivity index (χ1v) is 7.36. The van der Waals surface area contributed by atoms with E-state index in [0.29, 0.717) is 6.04 Å². The molecule has 1 saturated heterocycles. The van der Waals surface area contributed by atoms with Gasteiger partial charge >= 0.3 is 0 Å². The first-order valence-electron chi connectivity index (χ1n) is 7.36. The SMILES string of the molecule is CCCNC(C)CCCCN1CCCOCC1. The highest BCUT2D eigenvalue weighted by atomic mass is 16.5. The van der Waals surface area contributed by atoms with E-state index in [2.05, 4.69) is 24.1 Å². The molecule has 17 heavy (non-hydrogen) atoms. The molecule has 0 aromatic rings. The fourth-order valence-corrected chi connectivity index (χ4v) is 2.30. The van der Waals surface area contributed by atoms with Crippen LogP contribution >= 0.6 is 0 Å². The zero-order chi connectivity index (χ0) is 12.3. The Morgan fingerprint density at radius 1 is 1.24 bits per heavy atom. The summed E-state index contributed by atoms with van der Waals surface area (Å²) in [5.41, 5.74) is 0. The van der Waals surface area contributed by atoms with Crippen molar-refractivity contribution in [3.63, 3.8) is 0 Å². The van der Waals surface area contributed by atoms with E-state index in [-0.39, 0.29) is 0 Å². The van der Waals surface area contributed by atoms with E-state index in [9.17, 15) is 0 Å². The molecular weight excluding hydrogens is 212 g/mol. The Kier molecular flexibility index (Phi) is 8.67. The monoisotopic (exact) mass is 242 g/mol. The molecule has 1 rings (SSSR count). The van der Waals surface area contributed by atoms with Gasteiger partial charge in [0.15, 0.2) is 0 Å². The third-order valence-electron chi connectivity index (χ3n) is 3.42. The van der Waals surface area contributed by atoms with E-state index in [0.717, 1.165) is 26.3 Å². The van der Waals surface area contributed by atoms with E-state index >= 15 is 0 Å². The molecule has 1 fully saturated rings. The van der Waals surface area contributed by atoms with Crippen LogP contribution in [0.1, 0.15) is 46.0 Å². The molecule has 0 aromatic carbocycles. The minimum atomic E-state index is 0.683. The Morgan fingerprint density at radius 2 is 2.12 bits per heavy atom. The van der Waals surface area contributed by atoms with Crippen LogP contribution in [0.2, 0.25) is 0 Å². The van der Waals surface area contributed by atoms with Gasteiger partial charge in [0.25, 0.3) is 0 Å². The molecule has 3 heteroatoms. The van der Waals surface area contributed by atoms with Crippen molar-refractivity contribution in [2.45, 2.75) is 52.0 Å². The van der Waals surface area contributed by atoms with Gasteiger partial charge in [-0.25, -0.2) is 0 Å². The summed E-state index contributed by atoms with van der Waals surface area (Å²) in [5, 5.41) is 3.55. The molecule has 1 unspecified atom stereocenters. The number of nitrogens with zero attached hydrogens (tertiary/aromatic N) is 1. The van der Waals surface area contributed by atoms with Gasteiger partial charge in [-0.1, -0.05) is 13.3 Å². The number of ether oxygens (including phenoxy) is 1. The maximum Gasteiger partial charge on any atom is 0.0593 e. The van der Waals surface area contributed by atoms with Crippen LogP contribution in [0, 0.1) is 0 Å². The molecule has 1 aliphatic rings. The van der Waals surface area contributed by atoms with Crippen molar-refractivity contribution in [3.8, 4) is 0 Å². The van der Waals surface area contributed by atoms with Crippen LogP contribution in [0.5, 0.6) is 0 Å². The van der Waals surface area contributed by atoms with Crippen molar-refractivity contribution in [1.29, 1.82) is 0 Å². The molecule has 0 aliphatic carbocycles. The van der Waals surface area contributed by atoms with Crippen molar-refractivity contribution in [2.75, 3.05) is 39.4 Å². The molecular formula is C14H30N2O. The fourth-order valence-electron chi connectivity index (χ4n) is 2.30. The summed E-state index contributed by atoms with van der Waals surface area (Å²) in [5.74, 6) is 0. The zero-order valence-electron chi connectivity index (χ0n) is 11.7. The van der Waals surface area contributed by atoms with E-state index < -0.39 is 0 Å². The van der Waals surface area contributed by atoms with Crippen LogP contribution in [-0.2, 0) is 4.74 Å². The summed E-state index contributed by atoms with van der Waals surface area (Å²) < 4.78 is 5.46. The van der Waals surface area contributed by atoms with Crippen molar-refractivity contribution < 1.29 is 4.74 Å². The number of unbranched alkanes of at least 4 members (excludes halogenated alkanes) is 1. The summed E-state index contributed by atoms with van der Waals surface area (Å²) in [6, 6.07) is 0.683. The van der Waals surface area contributed by atoms with Crippen molar-refractivity contribution >= 4 is 0 Å². The Morgan fingerprint density at radius 3 is 2.94 bits per heavy atom. The lowest BCUT2D eigenvalue weighted by molar-refractivity contribution is 0.141. The van der Waals surface area contributed by atoms with Gasteiger partial charge in [0.05, 0.1) is 6.61 Å². The smallest absolute Gasteiger partial charge is 0.0593 e. The molecule has 1 atom stereocenters. The molecule has 0 radical (unpaired) electrons. The van der Waals surface area contributed by atoms with Crippen LogP contribution in [0.15, 0.2) is 0 Å². The third-order valence-corrected chi connectivity index (χ3v) is 3.42. The third kappa shape index (κ3) is 7.74. The van der Waals surface area contributed by atoms with Crippen LogP contribution in [0.3, 0.4) is 0 Å². The van der Waals surface area contributed by atoms with Crippen molar-refractivity contribution in [2.24, 2.45) is 0 Å². The van der Waals surface area contributed by atoms with Crippen molar-refractivity contribution in [1.82, 2.24) is 10.2 Å². The molecule has 0 amide bonds. The van der Waals surface area contributed by atoms with Gasteiger partial charge in [-0.15, -0.1) is 0 Å². The van der Waals surface area contributed by atoms with Gasteiger partial charge in [-0.2, -0.15) is 0 Å². The Hall–Kier alpha value is -0.120. The maximum atomic E-state index is 5.46. The maximum absolute atomic E-state index is 5.46. The van der Waals surface area contributed by atoms with Gasteiger partial charge in [0, 0.05) is 25.7 Å². The number of nitrogens with one attached hydrogen (secondary N) is 1. The Balaban J connectivity index is 1.95. The van der Waals surface area contributed by atoms with Gasteiger partial charge in [0.1, 0.15) is 0 Å². The summed E-state index contributed by atoms with van der Waals surface area (Å²) >= 11 is 0. The Labute approximate surface area is 107 Å². The Bertz CT molecular complexity index is 168.